The number of aliphatic hydroxyl groups excluding tert-OH is 1. The Hall–Kier alpha value is -1.52. The second-order valence-electron chi connectivity index (χ2n) is 6.57. The quantitative estimate of drug-likeness (QED) is 0.603. The van der Waals surface area contributed by atoms with Crippen LogP contribution in [0, 0.1) is 0 Å². The second kappa shape index (κ2) is 9.58. The summed E-state index contributed by atoms with van der Waals surface area (Å²) in [5.41, 5.74) is 0. The predicted molar refractivity (Wildman–Crippen MR) is 87.4 cm³/mol. The lowest BCUT2D eigenvalue weighted by atomic mass is 9.96. The van der Waals surface area contributed by atoms with Gasteiger partial charge >= 0.3 is 0 Å². The molecule has 1 unspecified atom stereocenters. The normalized spacial score (nSPS) is 25.9. The van der Waals surface area contributed by atoms with Gasteiger partial charge in [-0.15, -0.1) is 0 Å². The van der Waals surface area contributed by atoms with Crippen molar-refractivity contribution in [3.63, 3.8) is 0 Å². The first-order chi connectivity index (χ1) is 11.1. The topological polar surface area (TPSA) is 91.1 Å². The standard InChI is InChI=1S/C13H22N2.C4H5NO3/c1-3-7-12(8-4-1)14-11-15-13-9-5-2-6-10-13;6-2-1-3(7)5-4(2)8/h12-13H,1-10H2;2,6H,1H2,(H,5,7,8). The zero-order chi connectivity index (χ0) is 16.5. The van der Waals surface area contributed by atoms with Gasteiger partial charge in [-0.3, -0.25) is 14.9 Å². The molecule has 6 nitrogen and oxygen atoms in total. The third-order valence-electron chi connectivity index (χ3n) is 4.57. The van der Waals surface area contributed by atoms with Crippen molar-refractivity contribution in [1.82, 2.24) is 5.32 Å². The summed E-state index contributed by atoms with van der Waals surface area (Å²) in [5.74, 6) is -0.988. The first-order valence-electron chi connectivity index (χ1n) is 8.81. The van der Waals surface area contributed by atoms with Gasteiger partial charge in [-0.05, 0) is 25.7 Å². The Kier molecular flexibility index (Phi) is 7.43. The molecule has 1 atom stereocenters. The molecule has 6 heteroatoms. The smallest absolute Gasteiger partial charge is 0.255 e. The Morgan fingerprint density at radius 1 is 0.870 bits per heavy atom. The summed E-state index contributed by atoms with van der Waals surface area (Å²) in [6.07, 6.45) is 12.0. The van der Waals surface area contributed by atoms with Gasteiger partial charge in [-0.2, -0.15) is 0 Å². The van der Waals surface area contributed by atoms with E-state index in [1.807, 2.05) is 5.32 Å². The third kappa shape index (κ3) is 6.63. The molecule has 0 aromatic heterocycles. The molecule has 2 saturated carbocycles. The van der Waals surface area contributed by atoms with Gasteiger partial charge in [0.15, 0.2) is 0 Å². The Morgan fingerprint density at radius 2 is 1.35 bits per heavy atom. The van der Waals surface area contributed by atoms with Gasteiger partial charge < -0.3 is 5.11 Å². The van der Waals surface area contributed by atoms with Crippen LogP contribution in [0.1, 0.15) is 70.6 Å². The van der Waals surface area contributed by atoms with E-state index in [2.05, 4.69) is 16.0 Å². The zero-order valence-corrected chi connectivity index (χ0v) is 13.7. The average molecular weight is 321 g/mol. The number of aliphatic hydroxyl groups is 1. The fraction of sp³-hybridized carbons (Fsp3) is 0.824. The highest BCUT2D eigenvalue weighted by molar-refractivity contribution is 6.04. The van der Waals surface area contributed by atoms with E-state index >= 15 is 0 Å². The molecular formula is C17H27N3O3. The molecule has 2 aliphatic carbocycles. The number of aliphatic imine (C=N–C) groups is 2. The molecule has 0 spiro atoms. The van der Waals surface area contributed by atoms with Gasteiger partial charge in [0.25, 0.3) is 5.91 Å². The van der Waals surface area contributed by atoms with E-state index in [9.17, 15) is 9.59 Å². The lowest BCUT2D eigenvalue weighted by molar-refractivity contribution is -0.127. The third-order valence-corrected chi connectivity index (χ3v) is 4.57. The number of imide groups is 1. The summed E-state index contributed by atoms with van der Waals surface area (Å²) in [4.78, 5) is 29.3. The molecular weight excluding hydrogens is 294 g/mol. The zero-order valence-electron chi connectivity index (χ0n) is 13.7. The van der Waals surface area contributed by atoms with E-state index in [1.54, 1.807) is 0 Å². The van der Waals surface area contributed by atoms with Crippen LogP contribution >= 0.6 is 0 Å². The van der Waals surface area contributed by atoms with E-state index in [4.69, 9.17) is 5.11 Å². The number of nitrogens with one attached hydrogen (secondary N) is 1. The van der Waals surface area contributed by atoms with Crippen LogP contribution in [0.25, 0.3) is 0 Å². The summed E-state index contributed by atoms with van der Waals surface area (Å²) in [5, 5.41) is 10.5. The van der Waals surface area contributed by atoms with Gasteiger partial charge in [0.2, 0.25) is 5.91 Å². The van der Waals surface area contributed by atoms with Crippen molar-refractivity contribution in [3.8, 4) is 0 Å². The average Bonchev–Trinajstić information content (AvgIpc) is 2.86. The molecule has 1 saturated heterocycles. The van der Waals surface area contributed by atoms with Crippen molar-refractivity contribution >= 4 is 17.8 Å². The van der Waals surface area contributed by atoms with E-state index in [0.717, 1.165) is 0 Å². The van der Waals surface area contributed by atoms with Gasteiger partial charge in [-0.1, -0.05) is 38.5 Å². The minimum Gasteiger partial charge on any atom is -0.383 e. The molecule has 1 heterocycles. The molecule has 0 radical (unpaired) electrons. The van der Waals surface area contributed by atoms with E-state index in [1.165, 1.54) is 64.2 Å². The maximum Gasteiger partial charge on any atom is 0.255 e. The summed E-state index contributed by atoms with van der Waals surface area (Å²) >= 11 is 0. The van der Waals surface area contributed by atoms with E-state index < -0.39 is 17.9 Å². The number of hydrogen-bond acceptors (Lipinski definition) is 5. The first-order valence-corrected chi connectivity index (χ1v) is 8.81. The highest BCUT2D eigenvalue weighted by Crippen LogP contribution is 2.21. The Balaban J connectivity index is 0.000000203. The minimum absolute atomic E-state index is 0.0845. The number of hydrogen-bond donors (Lipinski definition) is 2. The van der Waals surface area contributed by atoms with Crippen molar-refractivity contribution in [2.75, 3.05) is 0 Å². The Morgan fingerprint density at radius 3 is 1.65 bits per heavy atom. The van der Waals surface area contributed by atoms with E-state index in [-0.39, 0.29) is 6.42 Å². The number of carbonyl (C=O) groups excluding carboxylic acids is 2. The van der Waals surface area contributed by atoms with Gasteiger partial charge in [0.1, 0.15) is 6.10 Å². The largest absolute Gasteiger partial charge is 0.383 e. The molecule has 2 N–H and O–H groups in total. The van der Waals surface area contributed by atoms with Gasteiger partial charge in [-0.25, -0.2) is 9.98 Å². The molecule has 3 fully saturated rings. The van der Waals surface area contributed by atoms with Crippen LogP contribution in [0.5, 0.6) is 0 Å². The summed E-state index contributed by atoms with van der Waals surface area (Å²) < 4.78 is 0. The molecule has 1 aliphatic heterocycles. The SMILES string of the molecule is C(=NC1CCCCC1)=NC1CCCCC1.O=C1CC(O)C(=O)N1. The lowest BCUT2D eigenvalue weighted by Gasteiger charge is -2.17. The van der Waals surface area contributed by atoms with Gasteiger partial charge in [0.05, 0.1) is 24.5 Å². The second-order valence-corrected chi connectivity index (χ2v) is 6.57. The monoisotopic (exact) mass is 321 g/mol. The van der Waals surface area contributed by atoms with Crippen molar-refractivity contribution in [2.45, 2.75) is 88.8 Å². The van der Waals surface area contributed by atoms with Crippen molar-refractivity contribution in [2.24, 2.45) is 9.98 Å². The Bertz CT molecular complexity index is 438. The van der Waals surface area contributed by atoms with Crippen LogP contribution in [0.3, 0.4) is 0 Å². The molecule has 2 amide bonds. The Labute approximate surface area is 137 Å². The number of nitrogens with zero attached hydrogens (tertiary/aromatic N) is 2. The lowest BCUT2D eigenvalue weighted by Crippen LogP contribution is -2.24. The fourth-order valence-electron chi connectivity index (χ4n) is 3.16. The molecule has 128 valence electrons. The summed E-state index contributed by atoms with van der Waals surface area (Å²) in [6.45, 7) is 0. The highest BCUT2D eigenvalue weighted by Gasteiger charge is 2.27. The molecule has 0 aromatic carbocycles. The van der Waals surface area contributed by atoms with Crippen LogP contribution < -0.4 is 5.32 Å². The molecule has 3 rings (SSSR count). The van der Waals surface area contributed by atoms with Crippen molar-refractivity contribution in [3.05, 3.63) is 0 Å². The maximum absolute atomic E-state index is 10.2. The maximum atomic E-state index is 10.2. The molecule has 23 heavy (non-hydrogen) atoms. The summed E-state index contributed by atoms with van der Waals surface area (Å²) in [7, 11) is 0. The van der Waals surface area contributed by atoms with Crippen LogP contribution in [0.4, 0.5) is 0 Å². The van der Waals surface area contributed by atoms with Crippen LogP contribution in [0.15, 0.2) is 9.98 Å². The first kappa shape index (κ1) is 17.8. The highest BCUT2D eigenvalue weighted by atomic mass is 16.3. The van der Waals surface area contributed by atoms with Gasteiger partial charge in [0, 0.05) is 0 Å². The van der Waals surface area contributed by atoms with Crippen LogP contribution in [-0.4, -0.2) is 41.1 Å². The van der Waals surface area contributed by atoms with Crippen LogP contribution in [0.2, 0.25) is 0 Å². The molecule has 0 bridgehead atoms. The fourth-order valence-corrected chi connectivity index (χ4v) is 3.16. The predicted octanol–water partition coefficient (Wildman–Crippen LogP) is 2.22. The molecule has 3 aliphatic rings. The number of rotatable bonds is 2. The summed E-state index contributed by atoms with van der Waals surface area (Å²) in [6, 6.07) is 4.04. The molecule has 0 aromatic rings. The van der Waals surface area contributed by atoms with E-state index in [0.29, 0.717) is 12.1 Å². The van der Waals surface area contributed by atoms with Crippen molar-refractivity contribution in [1.29, 1.82) is 0 Å². The van der Waals surface area contributed by atoms with Crippen LogP contribution in [-0.2, 0) is 9.59 Å². The number of amides is 2. The number of carbonyl (C=O) groups is 2. The van der Waals surface area contributed by atoms with Crippen molar-refractivity contribution < 1.29 is 14.7 Å². The minimum atomic E-state index is -1.11.